The molecule has 1 aliphatic rings. The predicted octanol–water partition coefficient (Wildman–Crippen LogP) is 3.12. The van der Waals surface area contributed by atoms with Gasteiger partial charge in [0.1, 0.15) is 0 Å². The molecule has 13 heavy (non-hydrogen) atoms. The van der Waals surface area contributed by atoms with Crippen LogP contribution in [0, 0.1) is 5.92 Å². The summed E-state index contributed by atoms with van der Waals surface area (Å²) in [6, 6.07) is 8.89. The molecular formula is C12H13N. The number of rotatable bonds is 2. The van der Waals surface area contributed by atoms with Crippen molar-refractivity contribution in [3.8, 4) is 0 Å². The van der Waals surface area contributed by atoms with E-state index < -0.39 is 0 Å². The van der Waals surface area contributed by atoms with Crippen molar-refractivity contribution in [2.45, 2.75) is 19.3 Å². The second kappa shape index (κ2) is 2.63. The van der Waals surface area contributed by atoms with E-state index in [1.807, 2.05) is 6.20 Å². The highest BCUT2D eigenvalue weighted by Gasteiger charge is 2.21. The van der Waals surface area contributed by atoms with Crippen molar-refractivity contribution in [2.75, 3.05) is 0 Å². The number of nitrogens with one attached hydrogen (secondary N) is 1. The van der Waals surface area contributed by atoms with Crippen LogP contribution in [0.25, 0.3) is 10.9 Å². The molecule has 1 aromatic heterocycles. The van der Waals surface area contributed by atoms with E-state index in [4.69, 9.17) is 0 Å². The first kappa shape index (κ1) is 7.19. The lowest BCUT2D eigenvalue weighted by atomic mass is 10.1. The molecule has 0 saturated heterocycles. The first-order valence-electron chi connectivity index (χ1n) is 4.98. The molecule has 1 N–H and O–H groups in total. The van der Waals surface area contributed by atoms with Gasteiger partial charge in [-0.25, -0.2) is 0 Å². The molecule has 1 aromatic carbocycles. The Hall–Kier alpha value is -1.24. The van der Waals surface area contributed by atoms with E-state index in [1.165, 1.54) is 35.7 Å². The van der Waals surface area contributed by atoms with E-state index >= 15 is 0 Å². The summed E-state index contributed by atoms with van der Waals surface area (Å²) in [6.07, 6.45) is 6.16. The minimum atomic E-state index is 0.983. The molecule has 1 fully saturated rings. The number of H-pyrrole nitrogens is 1. The summed E-state index contributed by atoms with van der Waals surface area (Å²) in [5, 5.41) is 1.35. The van der Waals surface area contributed by atoms with E-state index in [2.05, 4.69) is 29.2 Å². The van der Waals surface area contributed by atoms with Crippen molar-refractivity contribution in [3.05, 3.63) is 36.0 Å². The Morgan fingerprint density at radius 3 is 3.00 bits per heavy atom. The zero-order chi connectivity index (χ0) is 8.67. The van der Waals surface area contributed by atoms with Gasteiger partial charge in [-0.15, -0.1) is 0 Å². The summed E-state index contributed by atoms with van der Waals surface area (Å²) < 4.78 is 0. The summed E-state index contributed by atoms with van der Waals surface area (Å²) in [4.78, 5) is 3.22. The van der Waals surface area contributed by atoms with Crippen molar-refractivity contribution in [1.82, 2.24) is 4.98 Å². The zero-order valence-corrected chi connectivity index (χ0v) is 7.59. The summed E-state index contributed by atoms with van der Waals surface area (Å²) >= 11 is 0. The second-order valence-corrected chi connectivity index (χ2v) is 4.05. The van der Waals surface area contributed by atoms with Crippen LogP contribution in [0.15, 0.2) is 30.5 Å². The van der Waals surface area contributed by atoms with E-state index in [0.29, 0.717) is 0 Å². The van der Waals surface area contributed by atoms with Crippen molar-refractivity contribution in [3.63, 3.8) is 0 Å². The summed E-state index contributed by atoms with van der Waals surface area (Å²) in [5.41, 5.74) is 2.74. The van der Waals surface area contributed by atoms with Gasteiger partial charge in [0.25, 0.3) is 0 Å². The van der Waals surface area contributed by atoms with Crippen molar-refractivity contribution >= 4 is 10.9 Å². The largest absolute Gasteiger partial charge is 0.361 e. The molecule has 0 bridgehead atoms. The number of aromatic nitrogens is 1. The Morgan fingerprint density at radius 2 is 2.15 bits per heavy atom. The number of hydrogen-bond acceptors (Lipinski definition) is 0. The maximum absolute atomic E-state index is 3.22. The third kappa shape index (κ3) is 1.35. The van der Waals surface area contributed by atoms with Crippen molar-refractivity contribution in [2.24, 2.45) is 5.92 Å². The number of benzene rings is 1. The van der Waals surface area contributed by atoms with Crippen molar-refractivity contribution in [1.29, 1.82) is 0 Å². The maximum atomic E-state index is 3.22. The molecule has 0 atom stereocenters. The van der Waals surface area contributed by atoms with E-state index in [9.17, 15) is 0 Å². The average Bonchev–Trinajstić information content (AvgIpc) is 2.83. The van der Waals surface area contributed by atoms with Gasteiger partial charge in [-0.05, 0) is 54.3 Å². The van der Waals surface area contributed by atoms with Crippen molar-refractivity contribution < 1.29 is 0 Å². The fraction of sp³-hybridized carbons (Fsp3) is 0.333. The average molecular weight is 171 g/mol. The lowest BCUT2D eigenvalue weighted by molar-refractivity contribution is 0.834. The fourth-order valence-corrected chi connectivity index (χ4v) is 1.89. The first-order chi connectivity index (χ1) is 6.42. The Labute approximate surface area is 77.8 Å². The highest BCUT2D eigenvalue weighted by Crippen LogP contribution is 2.33. The molecule has 2 aromatic rings. The van der Waals surface area contributed by atoms with E-state index in [0.717, 1.165) is 5.92 Å². The molecule has 1 nitrogen and oxygen atoms in total. The minimum absolute atomic E-state index is 0.983. The summed E-state index contributed by atoms with van der Waals surface area (Å²) in [7, 11) is 0. The van der Waals surface area contributed by atoms with Gasteiger partial charge in [-0.1, -0.05) is 6.07 Å². The quantitative estimate of drug-likeness (QED) is 0.714. The molecule has 3 rings (SSSR count). The van der Waals surface area contributed by atoms with Gasteiger partial charge in [0, 0.05) is 11.7 Å². The summed E-state index contributed by atoms with van der Waals surface area (Å²) in [6.45, 7) is 0. The molecule has 0 radical (unpaired) electrons. The lowest BCUT2D eigenvalue weighted by Gasteiger charge is -1.98. The van der Waals surface area contributed by atoms with E-state index in [-0.39, 0.29) is 0 Å². The first-order valence-corrected chi connectivity index (χ1v) is 4.98. The van der Waals surface area contributed by atoms with Gasteiger partial charge in [0.2, 0.25) is 0 Å². The van der Waals surface area contributed by atoms with Crippen LogP contribution < -0.4 is 0 Å². The molecule has 1 saturated carbocycles. The Balaban J connectivity index is 1.99. The lowest BCUT2D eigenvalue weighted by Crippen LogP contribution is -1.85. The van der Waals surface area contributed by atoms with Gasteiger partial charge in [-0.2, -0.15) is 0 Å². The van der Waals surface area contributed by atoms with Gasteiger partial charge in [-0.3, -0.25) is 0 Å². The Bertz CT molecular complexity index is 423. The van der Waals surface area contributed by atoms with Crippen LogP contribution in [0.1, 0.15) is 18.4 Å². The van der Waals surface area contributed by atoms with Gasteiger partial charge < -0.3 is 4.98 Å². The smallest absolute Gasteiger partial charge is 0.0454 e. The second-order valence-electron chi connectivity index (χ2n) is 4.05. The Kier molecular flexibility index (Phi) is 1.45. The monoisotopic (exact) mass is 171 g/mol. The van der Waals surface area contributed by atoms with Crippen LogP contribution in [0.2, 0.25) is 0 Å². The molecular weight excluding hydrogens is 158 g/mol. The molecule has 0 aliphatic heterocycles. The number of aromatic amines is 1. The molecule has 1 heterocycles. The number of fused-ring (bicyclic) bond motifs is 1. The highest BCUT2D eigenvalue weighted by atomic mass is 14.7. The van der Waals surface area contributed by atoms with Crippen LogP contribution in [0.3, 0.4) is 0 Å². The fourth-order valence-electron chi connectivity index (χ4n) is 1.89. The SMILES string of the molecule is c1cc2cc(CC3CC3)ccc2[nH]1. The molecule has 1 aliphatic carbocycles. The summed E-state index contributed by atoms with van der Waals surface area (Å²) in [5.74, 6) is 0.983. The molecule has 0 spiro atoms. The number of hydrogen-bond donors (Lipinski definition) is 1. The third-order valence-electron chi connectivity index (χ3n) is 2.84. The standard InChI is InChI=1S/C12H13N/c1-2-9(1)7-10-3-4-12-11(8-10)5-6-13-12/h3-6,8-9,13H,1-2,7H2. The third-order valence-corrected chi connectivity index (χ3v) is 2.84. The van der Waals surface area contributed by atoms with Crippen LogP contribution in [0.5, 0.6) is 0 Å². The molecule has 66 valence electrons. The molecule has 1 heteroatoms. The normalized spacial score (nSPS) is 16.6. The van der Waals surface area contributed by atoms with E-state index in [1.54, 1.807) is 0 Å². The van der Waals surface area contributed by atoms with Gasteiger partial charge in [0.15, 0.2) is 0 Å². The molecule has 0 unspecified atom stereocenters. The maximum Gasteiger partial charge on any atom is 0.0454 e. The topological polar surface area (TPSA) is 15.8 Å². The van der Waals surface area contributed by atoms with Crippen LogP contribution >= 0.6 is 0 Å². The van der Waals surface area contributed by atoms with Gasteiger partial charge >= 0.3 is 0 Å². The Morgan fingerprint density at radius 1 is 1.23 bits per heavy atom. The van der Waals surface area contributed by atoms with Crippen LogP contribution in [-0.2, 0) is 6.42 Å². The van der Waals surface area contributed by atoms with Crippen LogP contribution in [-0.4, -0.2) is 4.98 Å². The minimum Gasteiger partial charge on any atom is -0.361 e. The predicted molar refractivity (Wildman–Crippen MR) is 54.7 cm³/mol. The molecule has 0 amide bonds. The zero-order valence-electron chi connectivity index (χ0n) is 7.59. The van der Waals surface area contributed by atoms with Gasteiger partial charge in [0.05, 0.1) is 0 Å². The highest BCUT2D eigenvalue weighted by molar-refractivity contribution is 5.79. The van der Waals surface area contributed by atoms with Crippen LogP contribution in [0.4, 0.5) is 0 Å².